The average molecular weight is 465 g/mol. The predicted octanol–water partition coefficient (Wildman–Crippen LogP) is 1.39. The number of hydrogen-bond donors (Lipinski definition) is 3. The van der Waals surface area contributed by atoms with E-state index in [1.54, 1.807) is 36.0 Å². The molecule has 11 heteroatoms. The number of aliphatic imine (C=N–C) groups is 1. The number of nitrogen functional groups attached to an aromatic ring is 1. The Morgan fingerprint density at radius 2 is 2.17 bits per heavy atom. The van der Waals surface area contributed by atoms with Gasteiger partial charge in [-0.1, -0.05) is 41.7 Å². The molecular formula is C19H20N4O4S3. The van der Waals surface area contributed by atoms with E-state index in [0.29, 0.717) is 28.3 Å². The first kappa shape index (κ1) is 21.1. The minimum Gasteiger partial charge on any atom is -0.477 e. The maximum absolute atomic E-state index is 12.7. The van der Waals surface area contributed by atoms with E-state index in [-0.39, 0.29) is 18.0 Å². The lowest BCUT2D eigenvalue weighted by Crippen LogP contribution is -2.70. The number of thioether (sulfide) groups is 3. The predicted molar refractivity (Wildman–Crippen MR) is 121 cm³/mol. The average Bonchev–Trinajstić information content (AvgIpc) is 3.25. The zero-order chi connectivity index (χ0) is 21.3. The molecule has 3 aliphatic heterocycles. The summed E-state index contributed by atoms with van der Waals surface area (Å²) in [4.78, 5) is 42.7. The zero-order valence-corrected chi connectivity index (χ0v) is 18.3. The Balaban J connectivity index is 1.42. The summed E-state index contributed by atoms with van der Waals surface area (Å²) in [6, 6.07) is 6.34. The molecule has 30 heavy (non-hydrogen) atoms. The van der Waals surface area contributed by atoms with Gasteiger partial charge in [0.05, 0.1) is 13.0 Å². The highest BCUT2D eigenvalue weighted by atomic mass is 32.2. The van der Waals surface area contributed by atoms with Crippen LogP contribution < -0.4 is 11.1 Å². The first-order valence-corrected chi connectivity index (χ1v) is 12.3. The summed E-state index contributed by atoms with van der Waals surface area (Å²) in [7, 11) is 0. The van der Waals surface area contributed by atoms with Crippen LogP contribution in [0.5, 0.6) is 0 Å². The van der Waals surface area contributed by atoms with Crippen LogP contribution in [0.4, 0.5) is 5.69 Å². The number of hydrogen-bond acceptors (Lipinski definition) is 8. The number of carbonyl (C=O) groups excluding carboxylic acids is 2. The van der Waals surface area contributed by atoms with E-state index in [0.717, 1.165) is 16.7 Å². The maximum atomic E-state index is 12.7. The van der Waals surface area contributed by atoms with Gasteiger partial charge in [-0.05, 0) is 17.2 Å². The molecule has 2 amide bonds. The molecule has 0 saturated carbocycles. The van der Waals surface area contributed by atoms with Gasteiger partial charge in [0, 0.05) is 22.9 Å². The molecule has 4 rings (SSSR count). The lowest BCUT2D eigenvalue weighted by atomic mass is 10.0. The van der Waals surface area contributed by atoms with Gasteiger partial charge < -0.3 is 16.2 Å². The molecule has 1 aromatic carbocycles. The van der Waals surface area contributed by atoms with Crippen molar-refractivity contribution in [2.24, 2.45) is 4.99 Å². The van der Waals surface area contributed by atoms with Crippen LogP contribution >= 0.6 is 35.3 Å². The van der Waals surface area contributed by atoms with Crippen molar-refractivity contribution in [2.75, 3.05) is 29.5 Å². The van der Waals surface area contributed by atoms with Crippen LogP contribution in [0.2, 0.25) is 0 Å². The molecule has 0 aromatic heterocycles. The normalized spacial score (nSPS) is 23.0. The molecule has 0 spiro atoms. The van der Waals surface area contributed by atoms with Crippen molar-refractivity contribution in [1.82, 2.24) is 10.2 Å². The number of carboxylic acid groups (broad SMARTS) is 1. The summed E-state index contributed by atoms with van der Waals surface area (Å²) >= 11 is 4.65. The molecule has 0 radical (unpaired) electrons. The molecule has 0 aliphatic carbocycles. The minimum atomic E-state index is -1.12. The number of benzene rings is 1. The molecule has 1 unspecified atom stereocenters. The largest absolute Gasteiger partial charge is 0.477 e. The quantitative estimate of drug-likeness (QED) is 0.426. The van der Waals surface area contributed by atoms with Gasteiger partial charge in [-0.25, -0.2) is 4.79 Å². The van der Waals surface area contributed by atoms with Crippen molar-refractivity contribution in [3.05, 3.63) is 41.1 Å². The Morgan fingerprint density at radius 1 is 1.37 bits per heavy atom. The molecule has 0 bridgehead atoms. The van der Waals surface area contributed by atoms with E-state index in [1.807, 2.05) is 0 Å². The molecule has 2 atom stereocenters. The van der Waals surface area contributed by atoms with Crippen molar-refractivity contribution in [3.63, 3.8) is 0 Å². The number of nitrogens with two attached hydrogens (primary N) is 1. The van der Waals surface area contributed by atoms with Gasteiger partial charge in [0.2, 0.25) is 5.91 Å². The molecule has 3 aliphatic rings. The lowest BCUT2D eigenvalue weighted by molar-refractivity contribution is -0.150. The first-order valence-electron chi connectivity index (χ1n) is 9.28. The van der Waals surface area contributed by atoms with E-state index < -0.39 is 23.3 Å². The smallest absolute Gasteiger partial charge is 0.352 e. The fourth-order valence-electron chi connectivity index (χ4n) is 3.44. The van der Waals surface area contributed by atoms with Crippen molar-refractivity contribution in [2.45, 2.75) is 17.8 Å². The Hall–Kier alpha value is -2.11. The minimum absolute atomic E-state index is 0.0395. The fraction of sp³-hybridized carbons (Fsp3) is 0.368. The number of β-lactam (4-membered cyclic amide) rings is 1. The number of amides is 2. The Labute approximate surface area is 186 Å². The van der Waals surface area contributed by atoms with Crippen LogP contribution in [0, 0.1) is 0 Å². The molecule has 1 saturated heterocycles. The van der Waals surface area contributed by atoms with Gasteiger partial charge in [0.25, 0.3) is 5.91 Å². The highest BCUT2D eigenvalue weighted by molar-refractivity contribution is 8.39. The standard InChI is InChI=1S/C19H20N4O4S3/c20-12-4-2-1-3-10(12)7-13(24)22-14-16(25)23-15(18(26)27)11(8-29-17(14)23)9-30-19-21-5-6-28-19/h1-4,14,17H,5-9,20H2,(H,22,24)(H,26,27)/t14?,17-/m0/s1. The van der Waals surface area contributed by atoms with Crippen LogP contribution in [0.15, 0.2) is 40.5 Å². The Morgan fingerprint density at radius 3 is 2.87 bits per heavy atom. The molecule has 4 N–H and O–H groups in total. The van der Waals surface area contributed by atoms with E-state index in [4.69, 9.17) is 5.73 Å². The summed E-state index contributed by atoms with van der Waals surface area (Å²) in [5.74, 6) is 0.108. The molecule has 1 fully saturated rings. The first-order chi connectivity index (χ1) is 14.5. The van der Waals surface area contributed by atoms with Crippen molar-refractivity contribution < 1.29 is 19.5 Å². The second-order valence-corrected chi connectivity index (χ2v) is 10.3. The second kappa shape index (κ2) is 8.94. The van der Waals surface area contributed by atoms with Gasteiger partial charge in [-0.15, -0.1) is 11.8 Å². The van der Waals surface area contributed by atoms with Crippen molar-refractivity contribution >= 4 is 63.1 Å². The number of nitrogens with zero attached hydrogens (tertiary/aromatic N) is 2. The number of fused-ring (bicyclic) bond motifs is 1. The summed E-state index contributed by atoms with van der Waals surface area (Å²) in [6.07, 6.45) is 0.0666. The molecule has 158 valence electrons. The van der Waals surface area contributed by atoms with Gasteiger partial charge in [-0.3, -0.25) is 19.5 Å². The number of carboxylic acids is 1. The summed E-state index contributed by atoms with van der Waals surface area (Å²) in [5.41, 5.74) is 7.83. The number of nitrogens with one attached hydrogen (secondary N) is 1. The van der Waals surface area contributed by atoms with Crippen LogP contribution in [-0.2, 0) is 20.8 Å². The maximum Gasteiger partial charge on any atom is 0.352 e. The van der Waals surface area contributed by atoms with E-state index in [2.05, 4.69) is 10.3 Å². The molecule has 8 nitrogen and oxygen atoms in total. The van der Waals surface area contributed by atoms with E-state index in [1.165, 1.54) is 28.4 Å². The third kappa shape index (κ3) is 4.19. The zero-order valence-electron chi connectivity index (χ0n) is 15.9. The van der Waals surface area contributed by atoms with E-state index in [9.17, 15) is 19.5 Å². The number of aliphatic carboxylic acids is 1. The van der Waals surface area contributed by atoms with Crippen molar-refractivity contribution in [1.29, 1.82) is 0 Å². The number of rotatable bonds is 6. The van der Waals surface area contributed by atoms with Crippen molar-refractivity contribution in [3.8, 4) is 0 Å². The van der Waals surface area contributed by atoms with Gasteiger partial charge in [-0.2, -0.15) is 0 Å². The molecular weight excluding hydrogens is 444 g/mol. The van der Waals surface area contributed by atoms with Gasteiger partial charge in [0.15, 0.2) is 0 Å². The van der Waals surface area contributed by atoms with Crippen LogP contribution in [0.3, 0.4) is 0 Å². The summed E-state index contributed by atoms with van der Waals surface area (Å²) in [6.45, 7) is 0.787. The Kier molecular flexibility index (Phi) is 6.30. The molecule has 3 heterocycles. The highest BCUT2D eigenvalue weighted by Crippen LogP contribution is 2.41. The SMILES string of the molecule is Nc1ccccc1CC(=O)NC1C(=O)N2C(C(=O)O)=C(CSC3=NCCS3)CS[C@@H]12. The van der Waals surface area contributed by atoms with E-state index >= 15 is 0 Å². The second-order valence-electron chi connectivity index (χ2n) is 6.87. The van der Waals surface area contributed by atoms with Crippen LogP contribution in [0.25, 0.3) is 0 Å². The number of para-hydroxylation sites is 1. The van der Waals surface area contributed by atoms with Gasteiger partial charge in [0.1, 0.15) is 21.5 Å². The van der Waals surface area contributed by atoms with Crippen LogP contribution in [-0.4, -0.2) is 67.4 Å². The monoisotopic (exact) mass is 464 g/mol. The Bertz CT molecular complexity index is 965. The van der Waals surface area contributed by atoms with Gasteiger partial charge >= 0.3 is 5.97 Å². The number of anilines is 1. The third-order valence-corrected chi connectivity index (χ3v) is 8.58. The summed E-state index contributed by atoms with van der Waals surface area (Å²) < 4.78 is 0.958. The summed E-state index contributed by atoms with van der Waals surface area (Å²) in [5, 5.41) is 12.1. The topological polar surface area (TPSA) is 125 Å². The number of carbonyl (C=O) groups is 3. The molecule has 1 aromatic rings. The highest BCUT2D eigenvalue weighted by Gasteiger charge is 2.54. The lowest BCUT2D eigenvalue weighted by Gasteiger charge is -2.49. The van der Waals surface area contributed by atoms with Crippen LogP contribution in [0.1, 0.15) is 5.56 Å². The third-order valence-electron chi connectivity index (χ3n) is 4.90. The fourth-order valence-corrected chi connectivity index (χ4v) is 6.93.